The number of aromatic nitrogens is 1. The second-order valence-corrected chi connectivity index (χ2v) is 5.15. The maximum atomic E-state index is 12.3. The van der Waals surface area contributed by atoms with Crippen molar-refractivity contribution in [2.24, 2.45) is 5.73 Å². The van der Waals surface area contributed by atoms with Crippen molar-refractivity contribution in [1.29, 1.82) is 0 Å². The molecule has 1 amide bonds. The Morgan fingerprint density at radius 2 is 2.09 bits per heavy atom. The second kappa shape index (κ2) is 9.35. The molecule has 0 unspecified atom stereocenters. The average Bonchev–Trinajstić information content (AvgIpc) is 2.55. The lowest BCUT2D eigenvalue weighted by atomic mass is 10.2. The van der Waals surface area contributed by atoms with Crippen molar-refractivity contribution in [3.05, 3.63) is 58.9 Å². The number of carbonyl (C=O) groups excluding carboxylic acids is 1. The molecule has 1 aromatic carbocycles. The van der Waals surface area contributed by atoms with Gasteiger partial charge >= 0.3 is 0 Å². The summed E-state index contributed by atoms with van der Waals surface area (Å²) in [6.07, 6.45) is 1.59. The molecule has 124 valence electrons. The quantitative estimate of drug-likeness (QED) is 0.864. The molecule has 0 aliphatic carbocycles. The molecule has 0 radical (unpaired) electrons. The molecule has 23 heavy (non-hydrogen) atoms. The van der Waals surface area contributed by atoms with E-state index in [0.29, 0.717) is 41.7 Å². The van der Waals surface area contributed by atoms with Gasteiger partial charge in [-0.1, -0.05) is 23.7 Å². The van der Waals surface area contributed by atoms with E-state index in [1.165, 1.54) is 0 Å². The van der Waals surface area contributed by atoms with E-state index in [1.54, 1.807) is 42.4 Å². The maximum absolute atomic E-state index is 12.3. The summed E-state index contributed by atoms with van der Waals surface area (Å²) < 4.78 is 5.58. The van der Waals surface area contributed by atoms with Gasteiger partial charge in [-0.2, -0.15) is 0 Å². The van der Waals surface area contributed by atoms with E-state index in [2.05, 4.69) is 4.98 Å². The first-order valence-electron chi connectivity index (χ1n) is 6.89. The van der Waals surface area contributed by atoms with Gasteiger partial charge in [0.2, 0.25) is 0 Å². The standard InChI is InChI=1S/C16H18ClN3O2.ClH/c1-20(8-9-22-15-5-3-2-4-14(15)17)16(21)12-6-7-19-13(10-12)11-18;/h2-7,10H,8-9,11,18H2,1H3;1H. The Hall–Kier alpha value is -1.82. The molecule has 0 atom stereocenters. The van der Waals surface area contributed by atoms with Crippen molar-refractivity contribution in [3.63, 3.8) is 0 Å². The molecule has 2 N–H and O–H groups in total. The summed E-state index contributed by atoms with van der Waals surface area (Å²) >= 11 is 6.01. The number of hydrogen-bond donors (Lipinski definition) is 1. The summed E-state index contributed by atoms with van der Waals surface area (Å²) in [5, 5.41) is 0.554. The van der Waals surface area contributed by atoms with E-state index in [0.717, 1.165) is 0 Å². The number of amides is 1. The Kier molecular flexibility index (Phi) is 7.81. The van der Waals surface area contributed by atoms with Gasteiger partial charge in [-0.3, -0.25) is 9.78 Å². The lowest BCUT2D eigenvalue weighted by Crippen LogP contribution is -2.31. The van der Waals surface area contributed by atoms with Crippen molar-refractivity contribution in [1.82, 2.24) is 9.88 Å². The van der Waals surface area contributed by atoms with Gasteiger partial charge < -0.3 is 15.4 Å². The summed E-state index contributed by atoms with van der Waals surface area (Å²) in [6.45, 7) is 1.12. The molecule has 1 aromatic heterocycles. The van der Waals surface area contributed by atoms with Crippen LogP contribution in [0.5, 0.6) is 5.75 Å². The third-order valence-corrected chi connectivity index (χ3v) is 3.45. The van der Waals surface area contributed by atoms with E-state index in [1.807, 2.05) is 12.1 Å². The Morgan fingerprint density at radius 3 is 2.78 bits per heavy atom. The topological polar surface area (TPSA) is 68.5 Å². The third-order valence-electron chi connectivity index (χ3n) is 3.14. The highest BCUT2D eigenvalue weighted by molar-refractivity contribution is 6.32. The van der Waals surface area contributed by atoms with Gasteiger partial charge in [0.25, 0.3) is 5.91 Å². The van der Waals surface area contributed by atoms with Crippen molar-refractivity contribution in [3.8, 4) is 5.75 Å². The van der Waals surface area contributed by atoms with Crippen LogP contribution >= 0.6 is 24.0 Å². The molecule has 0 aliphatic heterocycles. The van der Waals surface area contributed by atoms with E-state index in [4.69, 9.17) is 22.1 Å². The number of ether oxygens (including phenoxy) is 1. The zero-order valence-corrected chi connectivity index (χ0v) is 14.3. The second-order valence-electron chi connectivity index (χ2n) is 4.75. The van der Waals surface area contributed by atoms with Crippen LogP contribution in [0.25, 0.3) is 0 Å². The molecule has 0 fully saturated rings. The molecule has 0 aliphatic rings. The van der Waals surface area contributed by atoms with E-state index < -0.39 is 0 Å². The number of para-hydroxylation sites is 1. The normalized spacial score (nSPS) is 9.87. The molecule has 0 spiro atoms. The third kappa shape index (κ3) is 5.39. The molecule has 2 aromatic rings. The van der Waals surface area contributed by atoms with Crippen LogP contribution in [-0.4, -0.2) is 36.0 Å². The molecule has 5 nitrogen and oxygen atoms in total. The largest absolute Gasteiger partial charge is 0.490 e. The average molecular weight is 356 g/mol. The summed E-state index contributed by atoms with van der Waals surface area (Å²) in [6, 6.07) is 10.6. The van der Waals surface area contributed by atoms with Crippen LogP contribution < -0.4 is 10.5 Å². The Morgan fingerprint density at radius 1 is 1.35 bits per heavy atom. The fourth-order valence-corrected chi connectivity index (χ4v) is 2.09. The van der Waals surface area contributed by atoms with Gasteiger partial charge in [0.05, 0.1) is 17.3 Å². The van der Waals surface area contributed by atoms with Crippen LogP contribution in [0.2, 0.25) is 5.02 Å². The number of halogens is 2. The molecule has 2 rings (SSSR count). The SMILES string of the molecule is CN(CCOc1ccccc1Cl)C(=O)c1ccnc(CN)c1.Cl. The minimum atomic E-state index is -0.0974. The molecular weight excluding hydrogens is 337 g/mol. The Bertz CT molecular complexity index is 653. The molecule has 0 bridgehead atoms. The lowest BCUT2D eigenvalue weighted by Gasteiger charge is -2.18. The molecular formula is C16H19Cl2N3O2. The first kappa shape index (κ1) is 19.2. The van der Waals surface area contributed by atoms with Crippen LogP contribution in [-0.2, 0) is 6.54 Å². The Labute approximate surface area is 146 Å². The van der Waals surface area contributed by atoms with Crippen molar-refractivity contribution < 1.29 is 9.53 Å². The summed E-state index contributed by atoms with van der Waals surface area (Å²) in [4.78, 5) is 18.0. The zero-order chi connectivity index (χ0) is 15.9. The van der Waals surface area contributed by atoms with E-state index in [-0.39, 0.29) is 18.3 Å². The molecule has 0 saturated heterocycles. The molecule has 7 heteroatoms. The number of benzene rings is 1. The monoisotopic (exact) mass is 355 g/mol. The highest BCUT2D eigenvalue weighted by Gasteiger charge is 2.12. The predicted octanol–water partition coefficient (Wildman–Crippen LogP) is 2.77. The van der Waals surface area contributed by atoms with Gasteiger partial charge in [0.15, 0.2) is 0 Å². The first-order chi connectivity index (χ1) is 10.6. The number of hydrogen-bond acceptors (Lipinski definition) is 4. The number of nitrogens with two attached hydrogens (primary N) is 1. The van der Waals surface area contributed by atoms with Gasteiger partial charge in [-0.25, -0.2) is 0 Å². The lowest BCUT2D eigenvalue weighted by molar-refractivity contribution is 0.0773. The van der Waals surface area contributed by atoms with E-state index >= 15 is 0 Å². The Balaban J connectivity index is 0.00000264. The number of nitrogens with zero attached hydrogens (tertiary/aromatic N) is 2. The highest BCUT2D eigenvalue weighted by Crippen LogP contribution is 2.22. The van der Waals surface area contributed by atoms with Gasteiger partial charge in [0, 0.05) is 25.4 Å². The number of rotatable bonds is 6. The van der Waals surface area contributed by atoms with Crippen LogP contribution in [0.15, 0.2) is 42.6 Å². The fraction of sp³-hybridized carbons (Fsp3) is 0.250. The van der Waals surface area contributed by atoms with Gasteiger partial charge in [0.1, 0.15) is 12.4 Å². The zero-order valence-electron chi connectivity index (χ0n) is 12.7. The number of likely N-dealkylation sites (N-methyl/N-ethyl adjacent to an activating group) is 1. The van der Waals surface area contributed by atoms with Crippen LogP contribution in [0.3, 0.4) is 0 Å². The van der Waals surface area contributed by atoms with Crippen molar-refractivity contribution in [2.45, 2.75) is 6.54 Å². The minimum absolute atomic E-state index is 0. The minimum Gasteiger partial charge on any atom is -0.490 e. The van der Waals surface area contributed by atoms with Gasteiger partial charge in [-0.05, 0) is 24.3 Å². The first-order valence-corrected chi connectivity index (χ1v) is 7.27. The van der Waals surface area contributed by atoms with Crippen LogP contribution in [0.1, 0.15) is 16.1 Å². The summed E-state index contributed by atoms with van der Waals surface area (Å²) in [7, 11) is 1.72. The summed E-state index contributed by atoms with van der Waals surface area (Å²) in [5.74, 6) is 0.513. The predicted molar refractivity (Wildman–Crippen MR) is 93.3 cm³/mol. The van der Waals surface area contributed by atoms with Crippen LogP contribution in [0, 0.1) is 0 Å². The van der Waals surface area contributed by atoms with Crippen LogP contribution in [0.4, 0.5) is 0 Å². The van der Waals surface area contributed by atoms with Crippen molar-refractivity contribution in [2.75, 3.05) is 20.2 Å². The van der Waals surface area contributed by atoms with Crippen molar-refractivity contribution >= 4 is 29.9 Å². The molecule has 0 saturated carbocycles. The van der Waals surface area contributed by atoms with Gasteiger partial charge in [-0.15, -0.1) is 12.4 Å². The highest BCUT2D eigenvalue weighted by atomic mass is 35.5. The number of pyridine rings is 1. The summed E-state index contributed by atoms with van der Waals surface area (Å²) in [5.41, 5.74) is 6.79. The smallest absolute Gasteiger partial charge is 0.253 e. The fourth-order valence-electron chi connectivity index (χ4n) is 1.90. The number of carbonyl (C=O) groups is 1. The van der Waals surface area contributed by atoms with E-state index in [9.17, 15) is 4.79 Å². The maximum Gasteiger partial charge on any atom is 0.253 e. The molecule has 1 heterocycles.